The Labute approximate surface area is 107 Å². The number of carbonyl (C=O) groups is 1. The van der Waals surface area contributed by atoms with Crippen molar-refractivity contribution in [3.63, 3.8) is 0 Å². The third-order valence-corrected chi connectivity index (χ3v) is 3.00. The number of nitrogens with one attached hydrogen (secondary N) is 2. The maximum Gasteiger partial charge on any atom is 0.229 e. The summed E-state index contributed by atoms with van der Waals surface area (Å²) in [5.41, 5.74) is 2.39. The van der Waals surface area contributed by atoms with Crippen LogP contribution in [0, 0.1) is 12.8 Å². The zero-order valence-corrected chi connectivity index (χ0v) is 10.6. The van der Waals surface area contributed by atoms with Gasteiger partial charge in [-0.1, -0.05) is 29.8 Å². The highest BCUT2D eigenvalue weighted by Gasteiger charge is 2.29. The molecule has 90 valence electrons. The normalized spacial score (nSPS) is 14.2. The van der Waals surface area contributed by atoms with Crippen LogP contribution < -0.4 is 10.6 Å². The zero-order valence-electron chi connectivity index (χ0n) is 9.82. The first-order valence-electron chi connectivity index (χ1n) is 5.79. The monoisotopic (exact) mass is 248 g/mol. The molecule has 3 nitrogen and oxygen atoms in total. The van der Waals surface area contributed by atoms with Gasteiger partial charge < -0.3 is 10.6 Å². The summed E-state index contributed by atoms with van der Waals surface area (Å²) in [5.74, 6) is 0.237. The highest BCUT2D eigenvalue weighted by atomic mass is 32.1. The second kappa shape index (κ2) is 5.27. The molecule has 1 amide bonds. The smallest absolute Gasteiger partial charge is 0.229 e. The van der Waals surface area contributed by atoms with E-state index < -0.39 is 0 Å². The van der Waals surface area contributed by atoms with E-state index in [4.69, 9.17) is 12.2 Å². The number of rotatable bonds is 3. The summed E-state index contributed by atoms with van der Waals surface area (Å²) in [6.07, 6.45) is 1.98. The Hall–Kier alpha value is -1.42. The first-order valence-corrected chi connectivity index (χ1v) is 6.20. The van der Waals surface area contributed by atoms with E-state index in [0.29, 0.717) is 11.7 Å². The zero-order chi connectivity index (χ0) is 12.3. The van der Waals surface area contributed by atoms with Crippen LogP contribution in [0.25, 0.3) is 0 Å². The van der Waals surface area contributed by atoms with Gasteiger partial charge in [0.2, 0.25) is 5.91 Å². The van der Waals surface area contributed by atoms with Crippen molar-refractivity contribution < 1.29 is 4.79 Å². The molecule has 1 aromatic rings. The molecular formula is C13H16N2OS. The van der Waals surface area contributed by atoms with Gasteiger partial charge in [0.1, 0.15) is 0 Å². The van der Waals surface area contributed by atoms with Crippen molar-refractivity contribution in [1.82, 2.24) is 10.6 Å². The summed E-state index contributed by atoms with van der Waals surface area (Å²) < 4.78 is 0. The molecule has 0 aromatic heterocycles. The van der Waals surface area contributed by atoms with E-state index >= 15 is 0 Å². The molecule has 0 saturated heterocycles. The summed E-state index contributed by atoms with van der Waals surface area (Å²) in [6, 6.07) is 8.22. The molecule has 0 bridgehead atoms. The van der Waals surface area contributed by atoms with Gasteiger partial charge in [-0.2, -0.15) is 0 Å². The average Bonchev–Trinajstić information content (AvgIpc) is 3.12. The minimum absolute atomic E-state index is 0.0476. The number of hydrogen-bond donors (Lipinski definition) is 2. The summed E-state index contributed by atoms with van der Waals surface area (Å²) >= 11 is 5.06. The third-order valence-electron chi connectivity index (χ3n) is 2.76. The van der Waals surface area contributed by atoms with Gasteiger partial charge in [-0.3, -0.25) is 4.79 Å². The number of amides is 1. The highest BCUT2D eigenvalue weighted by Crippen LogP contribution is 2.28. The number of carbonyl (C=O) groups excluding carboxylic acids is 1. The predicted molar refractivity (Wildman–Crippen MR) is 71.5 cm³/mol. The minimum atomic E-state index is 0.0476. The largest absolute Gasteiger partial charge is 0.358 e. The molecule has 4 heteroatoms. The van der Waals surface area contributed by atoms with Crippen LogP contribution in [-0.2, 0) is 11.3 Å². The van der Waals surface area contributed by atoms with Crippen LogP contribution in [0.3, 0.4) is 0 Å². The SMILES string of the molecule is Cc1ccc(CNC(=S)NC(=O)C2CC2)cc1. The average molecular weight is 248 g/mol. The maximum atomic E-state index is 11.4. The van der Waals surface area contributed by atoms with Crippen molar-refractivity contribution in [1.29, 1.82) is 0 Å². The molecule has 0 unspecified atom stereocenters. The molecule has 0 aliphatic heterocycles. The standard InChI is InChI=1S/C13H16N2OS/c1-9-2-4-10(5-3-9)8-14-13(17)15-12(16)11-6-7-11/h2-5,11H,6-8H2,1H3,(H2,14,15,16,17). The molecule has 1 aromatic carbocycles. The van der Waals surface area contributed by atoms with Crippen molar-refractivity contribution in [2.24, 2.45) is 5.92 Å². The number of thiocarbonyl (C=S) groups is 1. The van der Waals surface area contributed by atoms with Gasteiger partial charge in [-0.15, -0.1) is 0 Å². The Kier molecular flexibility index (Phi) is 3.74. The van der Waals surface area contributed by atoms with E-state index in [1.807, 2.05) is 12.1 Å². The van der Waals surface area contributed by atoms with Gasteiger partial charge >= 0.3 is 0 Å². The Balaban J connectivity index is 1.75. The summed E-state index contributed by atoms with van der Waals surface area (Å²) in [4.78, 5) is 11.4. The quantitative estimate of drug-likeness (QED) is 0.803. The fourth-order valence-corrected chi connectivity index (χ4v) is 1.66. The number of hydrogen-bond acceptors (Lipinski definition) is 2. The van der Waals surface area contributed by atoms with Crippen molar-refractivity contribution in [3.05, 3.63) is 35.4 Å². The third kappa shape index (κ3) is 3.82. The molecule has 0 radical (unpaired) electrons. The molecule has 0 atom stereocenters. The van der Waals surface area contributed by atoms with Crippen LogP contribution in [0.2, 0.25) is 0 Å². The van der Waals surface area contributed by atoms with Gasteiger partial charge in [0.25, 0.3) is 0 Å². The fourth-order valence-electron chi connectivity index (χ4n) is 1.49. The molecule has 1 aliphatic rings. The molecule has 0 spiro atoms. The molecule has 1 fully saturated rings. The van der Waals surface area contributed by atoms with Gasteiger partial charge in [-0.25, -0.2) is 0 Å². The van der Waals surface area contributed by atoms with E-state index in [0.717, 1.165) is 18.4 Å². The predicted octanol–water partition coefficient (Wildman–Crippen LogP) is 1.90. The lowest BCUT2D eigenvalue weighted by Crippen LogP contribution is -2.39. The second-order valence-electron chi connectivity index (χ2n) is 4.43. The van der Waals surface area contributed by atoms with Crippen LogP contribution in [0.1, 0.15) is 24.0 Å². The lowest BCUT2D eigenvalue weighted by atomic mass is 10.1. The second-order valence-corrected chi connectivity index (χ2v) is 4.84. The van der Waals surface area contributed by atoms with E-state index in [-0.39, 0.29) is 11.8 Å². The molecule has 1 aliphatic carbocycles. The van der Waals surface area contributed by atoms with Crippen molar-refractivity contribution in [2.75, 3.05) is 0 Å². The summed E-state index contributed by atoms with van der Waals surface area (Å²) in [6.45, 7) is 2.70. The first kappa shape index (κ1) is 12.0. The molecule has 1 saturated carbocycles. The van der Waals surface area contributed by atoms with Crippen LogP contribution in [0.5, 0.6) is 0 Å². The maximum absolute atomic E-state index is 11.4. The summed E-state index contributed by atoms with van der Waals surface area (Å²) in [7, 11) is 0. The topological polar surface area (TPSA) is 41.1 Å². The number of benzene rings is 1. The first-order chi connectivity index (χ1) is 8.15. The van der Waals surface area contributed by atoms with E-state index in [1.54, 1.807) is 0 Å². The Morgan fingerprint density at radius 2 is 2.00 bits per heavy atom. The fraction of sp³-hybridized carbons (Fsp3) is 0.385. The van der Waals surface area contributed by atoms with Gasteiger partial charge in [0.15, 0.2) is 5.11 Å². The van der Waals surface area contributed by atoms with Gasteiger partial charge in [0, 0.05) is 12.5 Å². The van der Waals surface area contributed by atoms with Crippen molar-refractivity contribution in [3.8, 4) is 0 Å². The molecule has 2 rings (SSSR count). The molecule has 17 heavy (non-hydrogen) atoms. The van der Waals surface area contributed by atoms with Crippen LogP contribution in [0.15, 0.2) is 24.3 Å². The van der Waals surface area contributed by atoms with Crippen molar-refractivity contribution in [2.45, 2.75) is 26.3 Å². The van der Waals surface area contributed by atoms with E-state index in [9.17, 15) is 4.79 Å². The molecule has 0 heterocycles. The van der Waals surface area contributed by atoms with Crippen LogP contribution >= 0.6 is 12.2 Å². The lowest BCUT2D eigenvalue weighted by Gasteiger charge is -2.09. The van der Waals surface area contributed by atoms with Crippen LogP contribution in [0.4, 0.5) is 0 Å². The van der Waals surface area contributed by atoms with E-state index in [2.05, 4.69) is 29.7 Å². The Bertz CT molecular complexity index is 424. The van der Waals surface area contributed by atoms with Crippen molar-refractivity contribution >= 4 is 23.2 Å². The highest BCUT2D eigenvalue weighted by molar-refractivity contribution is 7.80. The Morgan fingerprint density at radius 1 is 1.35 bits per heavy atom. The number of aryl methyl sites for hydroxylation is 1. The molecule has 2 N–H and O–H groups in total. The lowest BCUT2D eigenvalue weighted by molar-refractivity contribution is -0.120. The van der Waals surface area contributed by atoms with E-state index in [1.165, 1.54) is 5.56 Å². The summed E-state index contributed by atoms with van der Waals surface area (Å²) in [5, 5.41) is 6.16. The minimum Gasteiger partial charge on any atom is -0.358 e. The Morgan fingerprint density at radius 3 is 2.59 bits per heavy atom. The van der Waals surface area contributed by atoms with Gasteiger partial charge in [-0.05, 0) is 37.5 Å². The molecular weight excluding hydrogens is 232 g/mol. The van der Waals surface area contributed by atoms with Gasteiger partial charge in [0.05, 0.1) is 0 Å². The van der Waals surface area contributed by atoms with Crippen LogP contribution in [-0.4, -0.2) is 11.0 Å².